The first-order valence-corrected chi connectivity index (χ1v) is 14.2. The Labute approximate surface area is 236 Å². The molecule has 1 spiro atoms. The van der Waals surface area contributed by atoms with Gasteiger partial charge in [0, 0.05) is 40.6 Å². The van der Waals surface area contributed by atoms with Gasteiger partial charge in [0.1, 0.15) is 17.0 Å². The first-order chi connectivity index (χ1) is 19.0. The lowest BCUT2D eigenvalue weighted by atomic mass is 9.73. The Morgan fingerprint density at radius 3 is 2.74 bits per heavy atom. The van der Waals surface area contributed by atoms with Crippen LogP contribution in [-0.2, 0) is 6.42 Å². The highest BCUT2D eigenvalue weighted by Gasteiger charge is 2.45. The second-order valence-corrected chi connectivity index (χ2v) is 11.5. The van der Waals surface area contributed by atoms with E-state index in [0.717, 1.165) is 46.0 Å². The number of ether oxygens (including phenoxy) is 1. The summed E-state index contributed by atoms with van der Waals surface area (Å²) in [4.78, 5) is 22.0. The molecule has 1 fully saturated rings. The van der Waals surface area contributed by atoms with Gasteiger partial charge in [-0.15, -0.1) is 0 Å². The minimum absolute atomic E-state index is 0.0440. The number of fused-ring (bicyclic) bond motifs is 2. The third-order valence-corrected chi connectivity index (χ3v) is 8.36. The van der Waals surface area contributed by atoms with Gasteiger partial charge < -0.3 is 20.5 Å². The van der Waals surface area contributed by atoms with Crippen LogP contribution in [0.1, 0.15) is 53.3 Å². The third kappa shape index (κ3) is 5.69. The molecule has 6 rings (SSSR count). The molecule has 0 unspecified atom stereocenters. The summed E-state index contributed by atoms with van der Waals surface area (Å²) >= 11 is 3.59. The minimum atomic E-state index is -0.830. The molecule has 0 radical (unpaired) electrons. The second kappa shape index (κ2) is 11.0. The Hall–Kier alpha value is -3.33. The van der Waals surface area contributed by atoms with E-state index in [-0.39, 0.29) is 23.2 Å². The Kier molecular flexibility index (Phi) is 7.34. The van der Waals surface area contributed by atoms with Crippen LogP contribution >= 0.6 is 15.9 Å². The van der Waals surface area contributed by atoms with Gasteiger partial charge in [-0.3, -0.25) is 4.79 Å². The van der Waals surface area contributed by atoms with Gasteiger partial charge in [0.2, 0.25) is 0 Å². The van der Waals surface area contributed by atoms with E-state index in [4.69, 9.17) is 4.74 Å². The summed E-state index contributed by atoms with van der Waals surface area (Å²) in [5, 5.41) is 18.9. The molecule has 39 heavy (non-hydrogen) atoms. The van der Waals surface area contributed by atoms with E-state index in [0.29, 0.717) is 18.6 Å². The molecular formula is C31H31BrN4O3. The van der Waals surface area contributed by atoms with Gasteiger partial charge >= 0.3 is 0 Å². The lowest BCUT2D eigenvalue weighted by molar-refractivity contribution is -0.0382. The average Bonchev–Trinajstić information content (AvgIpc) is 2.94. The first kappa shape index (κ1) is 25.9. The molecule has 1 saturated carbocycles. The Morgan fingerprint density at radius 2 is 1.95 bits per heavy atom. The third-order valence-electron chi connectivity index (χ3n) is 7.86. The molecule has 0 bridgehead atoms. The van der Waals surface area contributed by atoms with E-state index in [2.05, 4.69) is 42.6 Å². The molecular weight excluding hydrogens is 556 g/mol. The fourth-order valence-electron chi connectivity index (χ4n) is 5.58. The molecule has 200 valence electrons. The van der Waals surface area contributed by atoms with Crippen molar-refractivity contribution in [3.05, 3.63) is 100 Å². The molecule has 1 aliphatic carbocycles. The van der Waals surface area contributed by atoms with Crippen molar-refractivity contribution >= 4 is 32.9 Å². The normalized spacial score (nSPS) is 19.0. The van der Waals surface area contributed by atoms with Crippen molar-refractivity contribution in [3.63, 3.8) is 0 Å². The highest BCUT2D eigenvalue weighted by atomic mass is 79.9. The number of benzene rings is 2. The molecule has 3 heterocycles. The van der Waals surface area contributed by atoms with Crippen molar-refractivity contribution < 1.29 is 14.6 Å². The topological polar surface area (TPSA) is 96.4 Å². The maximum atomic E-state index is 13.3. The maximum Gasteiger partial charge on any atom is 0.270 e. The number of carbonyl (C=O) groups excluding carboxylic acids is 1. The number of rotatable bonds is 8. The number of pyridine rings is 2. The van der Waals surface area contributed by atoms with Crippen LogP contribution in [0.5, 0.6) is 5.75 Å². The van der Waals surface area contributed by atoms with Crippen molar-refractivity contribution in [2.24, 2.45) is 0 Å². The number of amides is 1. The van der Waals surface area contributed by atoms with Crippen LogP contribution in [0.25, 0.3) is 11.0 Å². The number of halogens is 1. The van der Waals surface area contributed by atoms with E-state index in [9.17, 15) is 9.90 Å². The largest absolute Gasteiger partial charge is 0.487 e. The molecule has 2 aromatic heterocycles. The van der Waals surface area contributed by atoms with E-state index >= 15 is 0 Å². The van der Waals surface area contributed by atoms with Gasteiger partial charge in [0.15, 0.2) is 5.65 Å². The predicted octanol–water partition coefficient (Wildman–Crippen LogP) is 5.13. The first-order valence-electron chi connectivity index (χ1n) is 13.4. The molecule has 4 aromatic rings. The van der Waals surface area contributed by atoms with Crippen LogP contribution in [0, 0.1) is 0 Å². The van der Waals surface area contributed by atoms with Crippen LogP contribution < -0.4 is 15.4 Å². The number of carbonyl (C=O) groups is 1. The lowest BCUT2D eigenvalue weighted by Crippen LogP contribution is -2.52. The Bertz CT molecular complexity index is 1480. The lowest BCUT2D eigenvalue weighted by Gasteiger charge is -2.48. The van der Waals surface area contributed by atoms with Crippen LogP contribution in [0.4, 0.5) is 0 Å². The number of nitrogens with one attached hydrogen (secondary N) is 2. The number of hydrogen-bond donors (Lipinski definition) is 3. The Balaban J connectivity index is 1.20. The molecule has 3 N–H and O–H groups in total. The fraction of sp³-hybridized carbons (Fsp3) is 0.323. The summed E-state index contributed by atoms with van der Waals surface area (Å²) < 4.78 is 7.41. The molecule has 3 atom stereocenters. The van der Waals surface area contributed by atoms with E-state index < -0.39 is 12.1 Å². The summed E-state index contributed by atoms with van der Waals surface area (Å²) in [6.07, 6.45) is 5.43. The highest BCUT2D eigenvalue weighted by molar-refractivity contribution is 9.10. The van der Waals surface area contributed by atoms with E-state index in [1.165, 1.54) is 6.42 Å². The van der Waals surface area contributed by atoms with E-state index in [1.807, 2.05) is 60.7 Å². The quantitative estimate of drug-likeness (QED) is 0.265. The zero-order valence-corrected chi connectivity index (χ0v) is 23.1. The summed E-state index contributed by atoms with van der Waals surface area (Å²) in [5.41, 5.74) is 2.78. The van der Waals surface area contributed by atoms with Gasteiger partial charge in [0.05, 0.1) is 12.1 Å². The molecule has 2 aliphatic rings. The highest BCUT2D eigenvalue weighted by Crippen LogP contribution is 2.49. The van der Waals surface area contributed by atoms with Crippen molar-refractivity contribution in [3.8, 4) is 5.75 Å². The van der Waals surface area contributed by atoms with Crippen molar-refractivity contribution in [1.29, 1.82) is 0 Å². The summed E-state index contributed by atoms with van der Waals surface area (Å²) in [5.74, 6) is 0.567. The molecule has 8 heteroatoms. The molecule has 1 aliphatic heterocycles. The van der Waals surface area contributed by atoms with Gasteiger partial charge in [-0.1, -0.05) is 46.3 Å². The van der Waals surface area contributed by atoms with Gasteiger partial charge in [-0.25, -0.2) is 9.97 Å². The molecule has 0 saturated heterocycles. The van der Waals surface area contributed by atoms with Crippen molar-refractivity contribution in [2.75, 3.05) is 6.54 Å². The van der Waals surface area contributed by atoms with Crippen molar-refractivity contribution in [2.45, 2.75) is 55.9 Å². The summed E-state index contributed by atoms with van der Waals surface area (Å²) in [6.45, 7) is 0.317. The fourth-order valence-corrected chi connectivity index (χ4v) is 5.96. The number of aliphatic hydroxyl groups is 1. The smallest absolute Gasteiger partial charge is 0.270 e. The van der Waals surface area contributed by atoms with Crippen LogP contribution in [0.3, 0.4) is 0 Å². The van der Waals surface area contributed by atoms with Crippen LogP contribution in [0.15, 0.2) is 83.5 Å². The zero-order valence-electron chi connectivity index (χ0n) is 21.5. The Morgan fingerprint density at radius 1 is 1.10 bits per heavy atom. The van der Waals surface area contributed by atoms with Gasteiger partial charge in [0.25, 0.3) is 5.91 Å². The second-order valence-electron chi connectivity index (χ2n) is 10.6. The van der Waals surface area contributed by atoms with E-state index in [1.54, 1.807) is 12.3 Å². The number of nitrogens with zero attached hydrogens (tertiary/aromatic N) is 2. The standard InChI is InChI=1S/C31H31BrN4O3/c32-22-10-12-28-23(17-22)26(18-31(39-28)13-5-14-31)34-19-27(37)25(16-20-6-2-1-3-7-20)36-30(38)24-11-9-21-8-4-15-33-29(21)35-24/h1-4,6-12,15,17,25-27,34,37H,5,13-14,16,18-19H2,(H,36,38)/t25-,26-,27+/m0/s1. The minimum Gasteiger partial charge on any atom is -0.487 e. The van der Waals surface area contributed by atoms with Gasteiger partial charge in [-0.2, -0.15) is 0 Å². The molecule has 2 aromatic carbocycles. The maximum absolute atomic E-state index is 13.3. The van der Waals surface area contributed by atoms with Crippen LogP contribution in [-0.4, -0.2) is 45.3 Å². The monoisotopic (exact) mass is 586 g/mol. The summed E-state index contributed by atoms with van der Waals surface area (Å²) in [6, 6.07) is 22.8. The summed E-state index contributed by atoms with van der Waals surface area (Å²) in [7, 11) is 0. The number of hydrogen-bond acceptors (Lipinski definition) is 6. The SMILES string of the molecule is O=C(N[C@@H](Cc1ccccc1)[C@H](O)CN[C@H]1CC2(CCC2)Oc2ccc(Br)cc21)c1ccc2cccnc2n1. The van der Waals surface area contributed by atoms with Gasteiger partial charge in [-0.05, 0) is 73.7 Å². The number of aliphatic hydroxyl groups excluding tert-OH is 1. The predicted molar refractivity (Wildman–Crippen MR) is 154 cm³/mol. The average molecular weight is 588 g/mol. The zero-order chi connectivity index (χ0) is 26.8. The van der Waals surface area contributed by atoms with Crippen molar-refractivity contribution in [1.82, 2.24) is 20.6 Å². The molecule has 7 nitrogen and oxygen atoms in total. The van der Waals surface area contributed by atoms with Crippen LogP contribution in [0.2, 0.25) is 0 Å². The molecule has 1 amide bonds. The number of aromatic nitrogens is 2.